The molecule has 5 atom stereocenters. The number of hydrogen-bond acceptors (Lipinski definition) is 7. The van der Waals surface area contributed by atoms with Crippen LogP contribution in [-0.4, -0.2) is 57.7 Å². The molecule has 10 heteroatoms. The normalized spacial score (nSPS) is 28.0. The summed E-state index contributed by atoms with van der Waals surface area (Å²) >= 11 is 0. The van der Waals surface area contributed by atoms with E-state index in [0.717, 1.165) is 50.5 Å². The van der Waals surface area contributed by atoms with E-state index in [9.17, 15) is 24.6 Å². The van der Waals surface area contributed by atoms with Crippen LogP contribution in [0.1, 0.15) is 71.5 Å². The molecule has 5 heterocycles. The van der Waals surface area contributed by atoms with Crippen LogP contribution in [0.25, 0.3) is 29.9 Å². The van der Waals surface area contributed by atoms with Gasteiger partial charge in [0.15, 0.2) is 5.78 Å². The maximum Gasteiger partial charge on any atom is 0.320 e. The number of H-pyrrole nitrogens is 2. The minimum Gasteiger partial charge on any atom is -0.481 e. The predicted molar refractivity (Wildman–Crippen MR) is 172 cm³/mol. The summed E-state index contributed by atoms with van der Waals surface area (Å²) in [6, 6.07) is -0.493. The number of aliphatic hydroxyl groups is 1. The molecule has 8 bridgehead atoms. The molecule has 45 heavy (non-hydrogen) atoms. The Labute approximate surface area is 261 Å². The first-order valence-electron chi connectivity index (χ1n) is 15.5. The number of rotatable bonds is 7. The van der Waals surface area contributed by atoms with E-state index in [1.165, 1.54) is 7.11 Å². The number of nitrogens with one attached hydrogen (secondary N) is 4. The minimum atomic E-state index is -1.14. The predicted octanol–water partition coefficient (Wildman–Crippen LogP) is 2.88. The maximum absolute atomic E-state index is 14.0. The molecular formula is C35H40N4O6. The zero-order valence-electron chi connectivity index (χ0n) is 26.3. The van der Waals surface area contributed by atoms with Gasteiger partial charge < -0.3 is 35.6 Å². The fourth-order valence-corrected chi connectivity index (χ4v) is 7.76. The van der Waals surface area contributed by atoms with Crippen molar-refractivity contribution in [1.29, 1.82) is 0 Å². The number of carboxylic acid groups (broad SMARTS) is 1. The highest BCUT2D eigenvalue weighted by molar-refractivity contribution is 6.19. The second-order valence-electron chi connectivity index (χ2n) is 12.4. The number of carboxylic acids is 1. The van der Waals surface area contributed by atoms with Crippen LogP contribution in [0.4, 0.5) is 0 Å². The molecule has 6 rings (SSSR count). The lowest BCUT2D eigenvalue weighted by Crippen LogP contribution is -2.38. The van der Waals surface area contributed by atoms with Crippen LogP contribution < -0.4 is 21.3 Å². The summed E-state index contributed by atoms with van der Waals surface area (Å²) < 4.78 is 5.16. The summed E-state index contributed by atoms with van der Waals surface area (Å²) in [4.78, 5) is 46.1. The van der Waals surface area contributed by atoms with Crippen LogP contribution in [0.2, 0.25) is 0 Å². The number of aromatic nitrogens is 2. The molecule has 236 valence electrons. The number of fused-ring (bicyclic) bond motifs is 8. The van der Waals surface area contributed by atoms with E-state index in [4.69, 9.17) is 4.74 Å². The summed E-state index contributed by atoms with van der Waals surface area (Å²) in [5.74, 6) is -3.58. The Morgan fingerprint density at radius 3 is 2.47 bits per heavy atom. The molecule has 1 aliphatic carbocycles. The Balaban J connectivity index is 1.69. The number of esters is 1. The summed E-state index contributed by atoms with van der Waals surface area (Å²) in [7, 11) is 1.28. The molecular weight excluding hydrogens is 572 g/mol. The first-order chi connectivity index (χ1) is 21.5. The first-order valence-corrected chi connectivity index (χ1v) is 15.5. The summed E-state index contributed by atoms with van der Waals surface area (Å²) in [5.41, 5.74) is 9.00. The highest BCUT2D eigenvalue weighted by atomic mass is 16.5. The van der Waals surface area contributed by atoms with Crippen molar-refractivity contribution in [2.45, 2.75) is 53.0 Å². The molecule has 2 aromatic heterocycles. The lowest BCUT2D eigenvalue weighted by atomic mass is 9.80. The van der Waals surface area contributed by atoms with Gasteiger partial charge in [0, 0.05) is 63.2 Å². The monoisotopic (exact) mass is 612 g/mol. The number of aliphatic carboxylic acids is 1. The molecule has 0 spiro atoms. The zero-order valence-corrected chi connectivity index (χ0v) is 26.3. The van der Waals surface area contributed by atoms with E-state index in [0.29, 0.717) is 34.9 Å². The molecule has 10 nitrogen and oxygen atoms in total. The van der Waals surface area contributed by atoms with Gasteiger partial charge in [-0.05, 0) is 73.1 Å². The number of ether oxygens (including phenoxy) is 1. The molecule has 1 saturated heterocycles. The molecule has 4 aliphatic rings. The number of carbonyl (C=O) groups excluding carboxylic acids is 2. The average Bonchev–Trinajstić information content (AvgIpc) is 3.76. The smallest absolute Gasteiger partial charge is 0.320 e. The van der Waals surface area contributed by atoms with E-state index in [1.54, 1.807) is 0 Å². The van der Waals surface area contributed by atoms with Crippen molar-refractivity contribution in [2.24, 2.45) is 23.7 Å². The molecule has 6 N–H and O–H groups in total. The molecule has 3 aliphatic heterocycles. The number of carbonyl (C=O) groups is 3. The first kappa shape index (κ1) is 30.5. The lowest BCUT2D eigenvalue weighted by Gasteiger charge is -2.25. The van der Waals surface area contributed by atoms with Gasteiger partial charge in [0.2, 0.25) is 0 Å². The molecule has 0 radical (unpaired) electrons. The molecule has 1 fully saturated rings. The van der Waals surface area contributed by atoms with Gasteiger partial charge in [-0.25, -0.2) is 0 Å². The Hall–Kier alpha value is -4.57. The third-order valence-electron chi connectivity index (χ3n) is 10.2. The van der Waals surface area contributed by atoms with Crippen LogP contribution in [0.5, 0.6) is 0 Å². The van der Waals surface area contributed by atoms with Crippen LogP contribution >= 0.6 is 0 Å². The molecule has 2 unspecified atom stereocenters. The largest absolute Gasteiger partial charge is 0.481 e. The van der Waals surface area contributed by atoms with Crippen LogP contribution in [0.3, 0.4) is 0 Å². The topological polar surface area (TPSA) is 157 Å². The van der Waals surface area contributed by atoms with Crippen LogP contribution in [-0.2, 0) is 14.3 Å². The standard InChI is InChI=1S/C35H40N4O6/c1-7-18-15(3)22-11-23-16(4)20(9-10-28(41)42)32(38-23)30-31(35(44)45-6)34(43)29-17(5)24(39-33(29)30)12-26-19(8-2)21(14-40)27(37-26)13-25(18)36-22/h7,11-13,16,20-21,31-32,36-40H,1,8-10,14H2,2-6H3,(H,41,42)/b23-11-,24-12-,27-13-/t16-,20-,21?,31+,32?/m0/s1. The lowest BCUT2D eigenvalue weighted by molar-refractivity contribution is -0.142. The number of allylic oxidation sites excluding steroid dienone is 2. The highest BCUT2D eigenvalue weighted by Gasteiger charge is 2.49. The maximum atomic E-state index is 14.0. The second kappa shape index (κ2) is 11.4. The van der Waals surface area contributed by atoms with Crippen molar-refractivity contribution in [1.82, 2.24) is 20.6 Å². The number of aliphatic hydroxyl groups excluding tert-OH is 1. The fraction of sp³-hybridized carbons (Fsp3) is 0.400. The third kappa shape index (κ3) is 4.70. The quantitative estimate of drug-likeness (QED) is 0.206. The van der Waals surface area contributed by atoms with Gasteiger partial charge in [0.05, 0.1) is 25.1 Å². The zero-order chi connectivity index (χ0) is 32.3. The summed E-state index contributed by atoms with van der Waals surface area (Å²) in [6.07, 6.45) is 8.84. The van der Waals surface area contributed by atoms with Crippen molar-refractivity contribution in [3.05, 3.63) is 73.6 Å². The molecule has 2 aromatic rings. The van der Waals surface area contributed by atoms with Gasteiger partial charge >= 0.3 is 11.9 Å². The SMILES string of the molecule is C=Cc1c2[nH]c(c1C)/C=C1\NC(C3=c4[nH]/c(c(C)c4C(=O)[C@@H]3C(=O)OC)=C\C3=C(CC)C(CO)/C(=C/2)N3)[C@@H](CCC(=O)O)[C@@H]1C. The van der Waals surface area contributed by atoms with E-state index >= 15 is 0 Å². The van der Waals surface area contributed by atoms with Crippen LogP contribution in [0.15, 0.2) is 29.2 Å². The second-order valence-corrected chi connectivity index (χ2v) is 12.4. The van der Waals surface area contributed by atoms with Crippen molar-refractivity contribution in [3.8, 4) is 0 Å². The number of aromatic amines is 2. The summed E-state index contributed by atoms with van der Waals surface area (Å²) in [5, 5.41) is 28.6. The van der Waals surface area contributed by atoms with Gasteiger partial charge in [0.1, 0.15) is 5.92 Å². The van der Waals surface area contributed by atoms with E-state index in [2.05, 4.69) is 34.1 Å². The van der Waals surface area contributed by atoms with Crippen molar-refractivity contribution >= 4 is 47.6 Å². The number of Topliss-reactive ketones (excluding diaryl/α,β-unsaturated/α-hetero) is 1. The van der Waals surface area contributed by atoms with E-state index < -0.39 is 23.9 Å². The van der Waals surface area contributed by atoms with Gasteiger partial charge in [-0.15, -0.1) is 0 Å². The number of hydrogen-bond donors (Lipinski definition) is 6. The van der Waals surface area contributed by atoms with Gasteiger partial charge in [-0.2, -0.15) is 0 Å². The van der Waals surface area contributed by atoms with Gasteiger partial charge in [-0.1, -0.05) is 26.5 Å². The van der Waals surface area contributed by atoms with Crippen molar-refractivity contribution in [2.75, 3.05) is 13.7 Å². The Kier molecular flexibility index (Phi) is 7.72. The Bertz CT molecular complexity index is 1870. The van der Waals surface area contributed by atoms with E-state index in [-0.39, 0.29) is 36.6 Å². The highest BCUT2D eigenvalue weighted by Crippen LogP contribution is 2.42. The summed E-state index contributed by atoms with van der Waals surface area (Å²) in [6.45, 7) is 12.0. The van der Waals surface area contributed by atoms with E-state index in [1.807, 2.05) is 45.1 Å². The Morgan fingerprint density at radius 2 is 1.82 bits per heavy atom. The minimum absolute atomic E-state index is 0.0499. The fourth-order valence-electron chi connectivity index (χ4n) is 7.76. The van der Waals surface area contributed by atoms with Crippen LogP contribution in [0, 0.1) is 37.5 Å². The average molecular weight is 613 g/mol. The van der Waals surface area contributed by atoms with Crippen molar-refractivity contribution < 1.29 is 29.3 Å². The van der Waals surface area contributed by atoms with Crippen molar-refractivity contribution in [3.63, 3.8) is 0 Å². The molecule has 0 aromatic carbocycles. The Morgan fingerprint density at radius 1 is 1.09 bits per heavy atom. The number of ketones is 1. The van der Waals surface area contributed by atoms with Gasteiger partial charge in [0.25, 0.3) is 0 Å². The number of methoxy groups -OCH3 is 1. The molecule has 0 amide bonds. The van der Waals surface area contributed by atoms with Gasteiger partial charge in [-0.3, -0.25) is 14.4 Å². The molecule has 0 saturated carbocycles. The third-order valence-corrected chi connectivity index (χ3v) is 10.2.